The van der Waals surface area contributed by atoms with Crippen molar-refractivity contribution in [3.05, 3.63) is 35.1 Å². The first-order valence-electron chi connectivity index (χ1n) is 9.18. The Morgan fingerprint density at radius 3 is 2.45 bits per heavy atom. The van der Waals surface area contributed by atoms with Gasteiger partial charge >= 0.3 is 6.03 Å². The lowest BCUT2D eigenvalue weighted by Crippen LogP contribution is -2.47. The normalized spacial score (nSPS) is 14.4. The fourth-order valence-corrected chi connectivity index (χ4v) is 3.42. The Bertz CT molecular complexity index is 893. The van der Waals surface area contributed by atoms with Crippen molar-refractivity contribution in [1.29, 1.82) is 0 Å². The maximum atomic E-state index is 12.7. The topological polar surface area (TPSA) is 97.7 Å². The maximum absolute atomic E-state index is 12.7. The van der Waals surface area contributed by atoms with Gasteiger partial charge in [0, 0.05) is 44.5 Å². The minimum Gasteiger partial charge on any atom is -0.495 e. The Morgan fingerprint density at radius 2 is 1.86 bits per heavy atom. The number of carbonyl (C=O) groups excluding carboxylic acids is 2. The Morgan fingerprint density at radius 1 is 1.17 bits per heavy atom. The second kappa shape index (κ2) is 9.04. The van der Waals surface area contributed by atoms with Crippen molar-refractivity contribution in [2.75, 3.05) is 32.6 Å². The van der Waals surface area contributed by atoms with Crippen molar-refractivity contribution in [1.82, 2.24) is 20.0 Å². The number of nitrogens with zero attached hydrogens (tertiary/aromatic N) is 3. The maximum Gasteiger partial charge on any atom is 0.321 e. The largest absolute Gasteiger partial charge is 0.495 e. The molecular formula is C19H24ClN5O4. The number of halogens is 1. The zero-order chi connectivity index (χ0) is 21.0. The highest BCUT2D eigenvalue weighted by molar-refractivity contribution is 6.32. The molecule has 3 rings (SSSR count). The average Bonchev–Trinajstić information content (AvgIpc) is 3.16. The van der Waals surface area contributed by atoms with Gasteiger partial charge in [-0.05, 0) is 12.8 Å². The summed E-state index contributed by atoms with van der Waals surface area (Å²) in [6.45, 7) is 1.05. The summed E-state index contributed by atoms with van der Waals surface area (Å²) in [7, 11) is 4.77. The molecule has 0 radical (unpaired) electrons. The fraction of sp³-hybridized carbons (Fsp3) is 0.421. The number of nitrogens with one attached hydrogen (secondary N) is 2. The van der Waals surface area contributed by atoms with E-state index in [0.717, 1.165) is 0 Å². The van der Waals surface area contributed by atoms with Gasteiger partial charge in [0.05, 0.1) is 36.7 Å². The van der Waals surface area contributed by atoms with E-state index in [0.29, 0.717) is 53.7 Å². The van der Waals surface area contributed by atoms with Crippen molar-refractivity contribution >= 4 is 29.2 Å². The number of methoxy groups -OCH3 is 2. The Hall–Kier alpha value is -2.94. The van der Waals surface area contributed by atoms with Crippen LogP contribution >= 0.6 is 11.6 Å². The number of urea groups is 1. The molecule has 1 aromatic carbocycles. The zero-order valence-electron chi connectivity index (χ0n) is 16.6. The van der Waals surface area contributed by atoms with Crippen LogP contribution < -0.4 is 20.1 Å². The predicted octanol–water partition coefficient (Wildman–Crippen LogP) is 2.52. The van der Waals surface area contributed by atoms with Gasteiger partial charge in [-0.2, -0.15) is 5.10 Å². The van der Waals surface area contributed by atoms with E-state index in [1.807, 2.05) is 0 Å². The van der Waals surface area contributed by atoms with Crippen LogP contribution in [-0.2, 0) is 7.05 Å². The molecule has 2 aromatic rings. The molecule has 0 spiro atoms. The third kappa shape index (κ3) is 4.92. The molecule has 3 amide bonds. The summed E-state index contributed by atoms with van der Waals surface area (Å²) in [5, 5.41) is 10.2. The molecule has 29 heavy (non-hydrogen) atoms. The predicted molar refractivity (Wildman–Crippen MR) is 109 cm³/mol. The molecule has 0 aliphatic carbocycles. The van der Waals surface area contributed by atoms with Gasteiger partial charge in [-0.25, -0.2) is 4.79 Å². The number of anilines is 1. The first-order chi connectivity index (χ1) is 13.9. The fourth-order valence-electron chi connectivity index (χ4n) is 3.19. The second-order valence-electron chi connectivity index (χ2n) is 6.75. The van der Waals surface area contributed by atoms with Gasteiger partial charge in [-0.1, -0.05) is 11.6 Å². The number of ether oxygens (including phenoxy) is 2. The third-order valence-electron chi connectivity index (χ3n) is 4.80. The number of likely N-dealkylation sites (tertiary alicyclic amines) is 1. The van der Waals surface area contributed by atoms with Gasteiger partial charge in [0.15, 0.2) is 0 Å². The number of benzene rings is 1. The van der Waals surface area contributed by atoms with E-state index < -0.39 is 0 Å². The molecule has 1 saturated heterocycles. The van der Waals surface area contributed by atoms with Crippen molar-refractivity contribution in [2.45, 2.75) is 18.9 Å². The number of piperidine rings is 1. The molecule has 156 valence electrons. The highest BCUT2D eigenvalue weighted by Crippen LogP contribution is 2.36. The summed E-state index contributed by atoms with van der Waals surface area (Å²) in [6.07, 6.45) is 4.54. The molecule has 0 atom stereocenters. The molecule has 1 aromatic heterocycles. The summed E-state index contributed by atoms with van der Waals surface area (Å²) in [4.78, 5) is 26.6. The number of carbonyl (C=O) groups is 2. The number of hydrogen-bond acceptors (Lipinski definition) is 5. The zero-order valence-corrected chi connectivity index (χ0v) is 17.3. The monoisotopic (exact) mass is 421 g/mol. The molecular weight excluding hydrogens is 398 g/mol. The van der Waals surface area contributed by atoms with Crippen molar-refractivity contribution in [2.24, 2.45) is 7.05 Å². The van der Waals surface area contributed by atoms with Crippen LogP contribution in [0.25, 0.3) is 0 Å². The Kier molecular flexibility index (Phi) is 6.48. The standard InChI is InChI=1S/C19H24ClN5O4/c1-24-11-12(10-21-24)18(26)22-13-4-6-25(7-5-13)19(27)23-15-9-16(28-2)14(20)8-17(15)29-3/h8-11,13H,4-7H2,1-3H3,(H,22,26)(H,23,27). The van der Waals surface area contributed by atoms with Crippen LogP contribution in [0.15, 0.2) is 24.5 Å². The SMILES string of the molecule is COc1cc(NC(=O)N2CCC(NC(=O)c3cnn(C)c3)CC2)c(OC)cc1Cl. The Balaban J connectivity index is 1.56. The van der Waals surface area contributed by atoms with Crippen LogP contribution in [0.4, 0.5) is 10.5 Å². The first kappa shape index (κ1) is 20.8. The van der Waals surface area contributed by atoms with Crippen LogP contribution in [0, 0.1) is 0 Å². The van der Waals surface area contributed by atoms with E-state index in [4.69, 9.17) is 21.1 Å². The average molecular weight is 422 g/mol. The van der Waals surface area contributed by atoms with Crippen molar-refractivity contribution in [3.8, 4) is 11.5 Å². The van der Waals surface area contributed by atoms with E-state index >= 15 is 0 Å². The van der Waals surface area contributed by atoms with E-state index in [-0.39, 0.29) is 18.0 Å². The van der Waals surface area contributed by atoms with Crippen LogP contribution in [0.5, 0.6) is 11.5 Å². The summed E-state index contributed by atoms with van der Waals surface area (Å²) < 4.78 is 12.1. The molecule has 9 nitrogen and oxygen atoms in total. The highest BCUT2D eigenvalue weighted by Gasteiger charge is 2.25. The molecule has 1 aliphatic rings. The lowest BCUT2D eigenvalue weighted by atomic mass is 10.0. The van der Waals surface area contributed by atoms with Crippen LogP contribution in [-0.4, -0.2) is 60.0 Å². The molecule has 2 heterocycles. The number of hydrogen-bond donors (Lipinski definition) is 2. The van der Waals surface area contributed by atoms with E-state index in [9.17, 15) is 9.59 Å². The molecule has 1 aliphatic heterocycles. The summed E-state index contributed by atoms with van der Waals surface area (Å²) >= 11 is 6.10. The van der Waals surface area contributed by atoms with Gasteiger partial charge in [0.1, 0.15) is 11.5 Å². The van der Waals surface area contributed by atoms with Crippen LogP contribution in [0.1, 0.15) is 23.2 Å². The van der Waals surface area contributed by atoms with Crippen molar-refractivity contribution in [3.63, 3.8) is 0 Å². The summed E-state index contributed by atoms with van der Waals surface area (Å²) in [5.41, 5.74) is 1.00. The van der Waals surface area contributed by atoms with Gasteiger partial charge in [-0.15, -0.1) is 0 Å². The highest BCUT2D eigenvalue weighted by atomic mass is 35.5. The van der Waals surface area contributed by atoms with E-state index in [1.54, 1.807) is 35.0 Å². The number of aromatic nitrogens is 2. The Labute approximate surface area is 173 Å². The van der Waals surface area contributed by atoms with E-state index in [1.165, 1.54) is 20.4 Å². The van der Waals surface area contributed by atoms with Gasteiger partial charge in [-0.3, -0.25) is 9.48 Å². The molecule has 0 saturated carbocycles. The lowest BCUT2D eigenvalue weighted by molar-refractivity contribution is 0.0919. The van der Waals surface area contributed by atoms with Crippen molar-refractivity contribution < 1.29 is 19.1 Å². The van der Waals surface area contributed by atoms with Gasteiger partial charge in [0.2, 0.25) is 0 Å². The minimum atomic E-state index is -0.246. The number of amides is 3. The smallest absolute Gasteiger partial charge is 0.321 e. The number of aryl methyl sites for hydroxylation is 1. The molecule has 2 N–H and O–H groups in total. The molecule has 1 fully saturated rings. The minimum absolute atomic E-state index is 0.0110. The first-order valence-corrected chi connectivity index (χ1v) is 9.56. The van der Waals surface area contributed by atoms with Gasteiger partial charge in [0.25, 0.3) is 5.91 Å². The van der Waals surface area contributed by atoms with Gasteiger partial charge < -0.3 is 25.0 Å². The van der Waals surface area contributed by atoms with Crippen LogP contribution in [0.2, 0.25) is 5.02 Å². The van der Waals surface area contributed by atoms with Crippen LogP contribution in [0.3, 0.4) is 0 Å². The molecule has 0 bridgehead atoms. The molecule has 0 unspecified atom stereocenters. The lowest BCUT2D eigenvalue weighted by Gasteiger charge is -2.32. The number of rotatable bonds is 5. The van der Waals surface area contributed by atoms with E-state index in [2.05, 4.69) is 15.7 Å². The second-order valence-corrected chi connectivity index (χ2v) is 7.16. The summed E-state index contributed by atoms with van der Waals surface area (Å²) in [6, 6.07) is 2.98. The summed E-state index contributed by atoms with van der Waals surface area (Å²) in [5.74, 6) is 0.737. The quantitative estimate of drug-likeness (QED) is 0.773. The molecule has 10 heteroatoms. The third-order valence-corrected chi connectivity index (χ3v) is 5.10.